The third-order valence-electron chi connectivity index (χ3n) is 5.65. The van der Waals surface area contributed by atoms with Crippen LogP contribution in [0.1, 0.15) is 136 Å². The smallest absolute Gasteiger partial charge is 0.188 e. The molecule has 0 amide bonds. The molecule has 0 spiro atoms. The Hall–Kier alpha value is -0.580. The fraction of sp³-hybridized carbons (Fsp3) is 0.929. The summed E-state index contributed by atoms with van der Waals surface area (Å²) in [6.07, 6.45) is 25.9. The van der Waals surface area contributed by atoms with Crippen molar-refractivity contribution >= 4 is 0 Å². The number of hydrogen-bond donors (Lipinski definition) is 0. The molecule has 0 saturated heterocycles. The summed E-state index contributed by atoms with van der Waals surface area (Å²) in [4.78, 5) is 0. The van der Waals surface area contributed by atoms with Crippen molar-refractivity contribution in [2.24, 2.45) is 0 Å². The summed E-state index contributed by atoms with van der Waals surface area (Å²) in [6, 6.07) is 0. The molecule has 0 aliphatic heterocycles. The molecule has 4 heteroatoms. The van der Waals surface area contributed by atoms with Gasteiger partial charge in [0.05, 0.1) is 12.9 Å². The molecule has 0 saturated carbocycles. The van der Waals surface area contributed by atoms with Crippen LogP contribution in [0, 0.1) is 0 Å². The van der Waals surface area contributed by atoms with E-state index in [1.54, 1.807) is 6.26 Å². The van der Waals surface area contributed by atoms with Crippen LogP contribution in [0.5, 0.6) is 0 Å². The second kappa shape index (κ2) is 28.5. The third kappa shape index (κ3) is 25.7. The van der Waals surface area contributed by atoms with Gasteiger partial charge in [0.25, 0.3) is 0 Å². The van der Waals surface area contributed by atoms with Crippen LogP contribution in [0.4, 0.5) is 0 Å². The van der Waals surface area contributed by atoms with Gasteiger partial charge in [-0.3, -0.25) is 0 Å². The molecule has 0 bridgehead atoms. The molecule has 32 heavy (non-hydrogen) atoms. The molecule has 0 fully saturated rings. The van der Waals surface area contributed by atoms with E-state index in [-0.39, 0.29) is 6.29 Å². The van der Waals surface area contributed by atoms with Crippen LogP contribution in [0.25, 0.3) is 0 Å². The van der Waals surface area contributed by atoms with Crippen LogP contribution < -0.4 is 0 Å². The Morgan fingerprint density at radius 1 is 0.562 bits per heavy atom. The van der Waals surface area contributed by atoms with Gasteiger partial charge in [-0.15, -0.1) is 0 Å². The van der Waals surface area contributed by atoms with E-state index < -0.39 is 0 Å². The molecule has 0 heterocycles. The van der Waals surface area contributed by atoms with E-state index in [9.17, 15) is 0 Å². The third-order valence-corrected chi connectivity index (χ3v) is 5.65. The average molecular weight is 457 g/mol. The van der Waals surface area contributed by atoms with Crippen molar-refractivity contribution < 1.29 is 18.9 Å². The van der Waals surface area contributed by atoms with Crippen molar-refractivity contribution in [3.63, 3.8) is 0 Å². The van der Waals surface area contributed by atoms with Gasteiger partial charge in [-0.25, -0.2) is 0 Å². The number of hydrogen-bond acceptors (Lipinski definition) is 4. The van der Waals surface area contributed by atoms with Crippen LogP contribution in [0.3, 0.4) is 0 Å². The second-order valence-electron chi connectivity index (χ2n) is 8.91. The molecule has 0 aromatic rings. The fourth-order valence-corrected chi connectivity index (χ4v) is 3.54. The minimum absolute atomic E-state index is 0.0336. The Kier molecular flexibility index (Phi) is 27.9. The van der Waals surface area contributed by atoms with Crippen LogP contribution in [0.15, 0.2) is 12.3 Å². The molecular formula is C28H56O4. The molecule has 0 N–H and O–H groups in total. The summed E-state index contributed by atoms with van der Waals surface area (Å²) >= 11 is 0. The summed E-state index contributed by atoms with van der Waals surface area (Å²) in [5.74, 6) is 0. The summed E-state index contributed by atoms with van der Waals surface area (Å²) < 4.78 is 22.9. The minimum Gasteiger partial charge on any atom is -0.475 e. The fourth-order valence-electron chi connectivity index (χ4n) is 3.54. The van der Waals surface area contributed by atoms with Crippen molar-refractivity contribution in [2.75, 3.05) is 26.6 Å². The van der Waals surface area contributed by atoms with E-state index in [0.717, 1.165) is 64.8 Å². The predicted octanol–water partition coefficient (Wildman–Crippen LogP) is 8.93. The van der Waals surface area contributed by atoms with Crippen molar-refractivity contribution in [3.05, 3.63) is 12.3 Å². The Balaban J connectivity index is 3.54. The molecule has 0 unspecified atom stereocenters. The van der Waals surface area contributed by atoms with Crippen molar-refractivity contribution in [1.29, 1.82) is 0 Å². The van der Waals surface area contributed by atoms with Crippen LogP contribution in [-0.2, 0) is 18.9 Å². The SMILES string of the molecule is CCCCCCCCCCOCOC=CCCCCC(OCCCCC)OCCCCC. The van der Waals surface area contributed by atoms with Crippen LogP contribution in [0.2, 0.25) is 0 Å². The molecule has 0 atom stereocenters. The van der Waals surface area contributed by atoms with Crippen molar-refractivity contribution in [1.82, 2.24) is 0 Å². The lowest BCUT2D eigenvalue weighted by Gasteiger charge is -2.18. The highest BCUT2D eigenvalue weighted by molar-refractivity contribution is 4.72. The highest BCUT2D eigenvalue weighted by Crippen LogP contribution is 2.12. The van der Waals surface area contributed by atoms with Gasteiger partial charge in [0, 0.05) is 13.2 Å². The molecule has 4 nitrogen and oxygen atoms in total. The summed E-state index contributed by atoms with van der Waals surface area (Å²) in [7, 11) is 0. The molecule has 192 valence electrons. The van der Waals surface area contributed by atoms with Gasteiger partial charge >= 0.3 is 0 Å². The second-order valence-corrected chi connectivity index (χ2v) is 8.91. The highest BCUT2D eigenvalue weighted by Gasteiger charge is 2.08. The lowest BCUT2D eigenvalue weighted by molar-refractivity contribution is -0.147. The molecule has 0 aromatic heterocycles. The van der Waals surface area contributed by atoms with Gasteiger partial charge in [-0.05, 0) is 51.0 Å². The Morgan fingerprint density at radius 2 is 1.09 bits per heavy atom. The van der Waals surface area contributed by atoms with Gasteiger partial charge in [-0.2, -0.15) is 0 Å². The summed E-state index contributed by atoms with van der Waals surface area (Å²) in [5.41, 5.74) is 0. The van der Waals surface area contributed by atoms with Gasteiger partial charge < -0.3 is 18.9 Å². The van der Waals surface area contributed by atoms with Gasteiger partial charge in [0.1, 0.15) is 0 Å². The maximum Gasteiger partial charge on any atom is 0.188 e. The number of unbranched alkanes of at least 4 members (excludes halogenated alkanes) is 13. The van der Waals surface area contributed by atoms with E-state index in [4.69, 9.17) is 18.9 Å². The standard InChI is InChI=1S/C28H56O4/c1-4-7-10-11-12-13-15-20-23-29-27-30-24-21-16-14-17-22-28(31-25-18-8-5-2)32-26-19-9-6-3/h21,24,28H,4-20,22-23,25-27H2,1-3H3. The first kappa shape index (κ1) is 31.4. The van der Waals surface area contributed by atoms with Crippen molar-refractivity contribution in [3.8, 4) is 0 Å². The quantitative estimate of drug-likeness (QED) is 0.0702. The van der Waals surface area contributed by atoms with Crippen molar-refractivity contribution in [2.45, 2.75) is 143 Å². The van der Waals surface area contributed by atoms with E-state index >= 15 is 0 Å². The van der Waals surface area contributed by atoms with Gasteiger partial charge in [0.2, 0.25) is 0 Å². The van der Waals surface area contributed by atoms with E-state index in [0.29, 0.717) is 6.79 Å². The molecule has 0 rings (SSSR count). The molecule has 0 aliphatic carbocycles. The zero-order valence-corrected chi connectivity index (χ0v) is 21.9. The molecule has 0 aromatic carbocycles. The Labute approximate surface area is 200 Å². The van der Waals surface area contributed by atoms with Gasteiger partial charge in [-0.1, -0.05) is 91.4 Å². The minimum atomic E-state index is -0.0336. The zero-order chi connectivity index (χ0) is 23.4. The molecular weight excluding hydrogens is 400 g/mol. The Morgan fingerprint density at radius 3 is 1.72 bits per heavy atom. The van der Waals surface area contributed by atoms with E-state index in [2.05, 4.69) is 26.8 Å². The van der Waals surface area contributed by atoms with E-state index in [1.165, 1.54) is 70.6 Å². The highest BCUT2D eigenvalue weighted by atomic mass is 16.7. The first-order valence-corrected chi connectivity index (χ1v) is 13.9. The van der Waals surface area contributed by atoms with Gasteiger partial charge in [0.15, 0.2) is 13.1 Å². The number of rotatable bonds is 27. The topological polar surface area (TPSA) is 36.9 Å². The number of ether oxygens (including phenoxy) is 4. The first-order chi connectivity index (χ1) is 15.8. The Bertz CT molecular complexity index is 347. The maximum absolute atomic E-state index is 5.97. The largest absolute Gasteiger partial charge is 0.475 e. The average Bonchev–Trinajstić information content (AvgIpc) is 2.81. The molecule has 0 radical (unpaired) electrons. The summed E-state index contributed by atoms with van der Waals surface area (Å²) in [5, 5.41) is 0. The predicted molar refractivity (Wildman–Crippen MR) is 137 cm³/mol. The number of allylic oxidation sites excluding steroid dienone is 1. The van der Waals surface area contributed by atoms with Crippen LogP contribution >= 0.6 is 0 Å². The normalized spacial score (nSPS) is 11.8. The summed E-state index contributed by atoms with van der Waals surface area (Å²) in [6.45, 7) is 9.52. The zero-order valence-electron chi connectivity index (χ0n) is 21.9. The maximum atomic E-state index is 5.97. The van der Waals surface area contributed by atoms with E-state index in [1.807, 2.05) is 0 Å². The van der Waals surface area contributed by atoms with Crippen LogP contribution in [-0.4, -0.2) is 32.9 Å². The molecule has 0 aliphatic rings. The monoisotopic (exact) mass is 456 g/mol. The lowest BCUT2D eigenvalue weighted by atomic mass is 10.1. The first-order valence-electron chi connectivity index (χ1n) is 13.9. The lowest BCUT2D eigenvalue weighted by Crippen LogP contribution is -2.19.